The average Bonchev–Trinajstić information content (AvgIpc) is 2.10. The van der Waals surface area contributed by atoms with Gasteiger partial charge in [-0.3, -0.25) is 0 Å². The Balaban J connectivity index is 0. The first kappa shape index (κ1) is 13.5. The molecule has 0 spiro atoms. The highest BCUT2D eigenvalue weighted by Gasteiger charge is 2.09. The van der Waals surface area contributed by atoms with Crippen LogP contribution in [0.4, 0.5) is 0 Å². The van der Waals surface area contributed by atoms with Crippen LogP contribution in [-0.2, 0) is 0 Å². The summed E-state index contributed by atoms with van der Waals surface area (Å²) in [5, 5.41) is 0. The Kier molecular flexibility index (Phi) is 12.3. The van der Waals surface area contributed by atoms with Crippen LogP contribution in [0.2, 0.25) is 0 Å². The van der Waals surface area contributed by atoms with Crippen molar-refractivity contribution in [1.82, 2.24) is 0 Å². The molecule has 1 saturated carbocycles. The monoisotopic (exact) mass is 159 g/mol. The zero-order valence-electron chi connectivity index (χ0n) is 7.40. The van der Waals surface area contributed by atoms with E-state index < -0.39 is 0 Å². The lowest BCUT2D eigenvalue weighted by molar-refractivity contribution is 0.366. The fourth-order valence-corrected chi connectivity index (χ4v) is 1.42. The van der Waals surface area contributed by atoms with Gasteiger partial charge >= 0.3 is 0 Å². The molecule has 0 atom stereocenters. The van der Waals surface area contributed by atoms with Gasteiger partial charge in [-0.05, 0) is 25.3 Å². The molecule has 0 unspecified atom stereocenters. The molecule has 0 radical (unpaired) electrons. The molecule has 1 aliphatic carbocycles. The van der Waals surface area contributed by atoms with E-state index in [1.54, 1.807) is 0 Å². The molecular formula is C10H25N. The van der Waals surface area contributed by atoms with E-state index in [1.165, 1.54) is 32.1 Å². The second-order valence-corrected chi connectivity index (χ2v) is 2.74. The normalized spacial score (nSPS) is 17.7. The van der Waals surface area contributed by atoms with Gasteiger partial charge in [0.15, 0.2) is 0 Å². The Morgan fingerprint density at radius 3 is 1.82 bits per heavy atom. The summed E-state index contributed by atoms with van der Waals surface area (Å²) in [5.74, 6) is 0.865. The standard InChI is InChI=1S/C7H15N.C2H6.CH4/c8-6-7-4-2-1-3-5-7;1-2;/h7H,1-6,8H2;1-2H3;1H4. The van der Waals surface area contributed by atoms with Gasteiger partial charge in [0.25, 0.3) is 0 Å². The van der Waals surface area contributed by atoms with Gasteiger partial charge in [0.1, 0.15) is 0 Å². The Bertz CT molecular complexity index is 55.9. The third kappa shape index (κ3) is 6.36. The van der Waals surface area contributed by atoms with Crippen LogP contribution < -0.4 is 5.73 Å². The number of hydrogen-bond donors (Lipinski definition) is 1. The van der Waals surface area contributed by atoms with E-state index >= 15 is 0 Å². The van der Waals surface area contributed by atoms with E-state index in [1.807, 2.05) is 13.8 Å². The highest BCUT2D eigenvalue weighted by Crippen LogP contribution is 2.21. The third-order valence-electron chi connectivity index (χ3n) is 2.06. The molecule has 2 N–H and O–H groups in total. The Morgan fingerprint density at radius 2 is 1.55 bits per heavy atom. The van der Waals surface area contributed by atoms with Gasteiger partial charge in [0, 0.05) is 0 Å². The lowest BCUT2D eigenvalue weighted by atomic mass is 9.90. The van der Waals surface area contributed by atoms with Gasteiger partial charge in [-0.25, -0.2) is 0 Å². The van der Waals surface area contributed by atoms with Crippen LogP contribution in [0.3, 0.4) is 0 Å². The second-order valence-electron chi connectivity index (χ2n) is 2.74. The van der Waals surface area contributed by atoms with Gasteiger partial charge in [-0.15, -0.1) is 0 Å². The van der Waals surface area contributed by atoms with Crippen LogP contribution in [0, 0.1) is 5.92 Å². The summed E-state index contributed by atoms with van der Waals surface area (Å²) in [7, 11) is 0. The molecule has 0 aromatic rings. The number of rotatable bonds is 1. The molecule has 70 valence electrons. The van der Waals surface area contributed by atoms with E-state index in [-0.39, 0.29) is 7.43 Å². The maximum absolute atomic E-state index is 5.50. The summed E-state index contributed by atoms with van der Waals surface area (Å²) in [6.45, 7) is 4.92. The summed E-state index contributed by atoms with van der Waals surface area (Å²) in [4.78, 5) is 0. The highest BCUT2D eigenvalue weighted by atomic mass is 14.5. The van der Waals surface area contributed by atoms with E-state index in [4.69, 9.17) is 5.73 Å². The fourth-order valence-electron chi connectivity index (χ4n) is 1.42. The van der Waals surface area contributed by atoms with E-state index in [0.717, 1.165) is 12.5 Å². The first-order valence-electron chi connectivity index (χ1n) is 4.63. The van der Waals surface area contributed by atoms with E-state index in [0.29, 0.717) is 0 Å². The Labute approximate surface area is 72.4 Å². The first-order chi connectivity index (χ1) is 4.93. The molecule has 0 aliphatic heterocycles. The highest BCUT2D eigenvalue weighted by molar-refractivity contribution is 4.65. The van der Waals surface area contributed by atoms with Crippen LogP contribution in [0.15, 0.2) is 0 Å². The molecule has 0 saturated heterocycles. The topological polar surface area (TPSA) is 26.0 Å². The van der Waals surface area contributed by atoms with Gasteiger partial charge in [-0.1, -0.05) is 40.5 Å². The van der Waals surface area contributed by atoms with Crippen molar-refractivity contribution in [2.24, 2.45) is 11.7 Å². The molecule has 1 nitrogen and oxygen atoms in total. The van der Waals surface area contributed by atoms with Gasteiger partial charge in [0.05, 0.1) is 0 Å². The summed E-state index contributed by atoms with van der Waals surface area (Å²) in [6.07, 6.45) is 7.05. The minimum atomic E-state index is 0. The van der Waals surface area contributed by atoms with Gasteiger partial charge in [-0.2, -0.15) is 0 Å². The second kappa shape index (κ2) is 9.96. The molecule has 0 heterocycles. The molecule has 0 aromatic heterocycles. The molecule has 0 bridgehead atoms. The zero-order chi connectivity index (χ0) is 7.82. The predicted octanol–water partition coefficient (Wildman–Crippen LogP) is 3.19. The number of hydrogen-bond acceptors (Lipinski definition) is 1. The molecule has 0 aromatic carbocycles. The van der Waals surface area contributed by atoms with E-state index in [2.05, 4.69) is 0 Å². The maximum Gasteiger partial charge on any atom is -0.00489 e. The summed E-state index contributed by atoms with van der Waals surface area (Å²) >= 11 is 0. The Hall–Kier alpha value is -0.0400. The fraction of sp³-hybridized carbons (Fsp3) is 1.00. The quantitative estimate of drug-likeness (QED) is 0.624. The zero-order valence-corrected chi connectivity index (χ0v) is 7.40. The molecule has 1 heteroatoms. The smallest absolute Gasteiger partial charge is 0.00489 e. The maximum atomic E-state index is 5.50. The molecular weight excluding hydrogens is 134 g/mol. The minimum Gasteiger partial charge on any atom is -0.330 e. The molecule has 1 aliphatic rings. The third-order valence-corrected chi connectivity index (χ3v) is 2.06. The SMILES string of the molecule is C.CC.NCC1CCCCC1. The van der Waals surface area contributed by atoms with Crippen molar-refractivity contribution in [1.29, 1.82) is 0 Å². The molecule has 1 fully saturated rings. The van der Waals surface area contributed by atoms with Crippen molar-refractivity contribution in [3.63, 3.8) is 0 Å². The van der Waals surface area contributed by atoms with Crippen molar-refractivity contribution >= 4 is 0 Å². The average molecular weight is 159 g/mol. The number of nitrogens with two attached hydrogens (primary N) is 1. The summed E-state index contributed by atoms with van der Waals surface area (Å²) < 4.78 is 0. The van der Waals surface area contributed by atoms with Crippen LogP contribution in [0.5, 0.6) is 0 Å². The van der Waals surface area contributed by atoms with Gasteiger partial charge < -0.3 is 5.73 Å². The van der Waals surface area contributed by atoms with Gasteiger partial charge in [0.2, 0.25) is 0 Å². The van der Waals surface area contributed by atoms with Crippen LogP contribution in [0.25, 0.3) is 0 Å². The predicted molar refractivity (Wildman–Crippen MR) is 53.7 cm³/mol. The van der Waals surface area contributed by atoms with Crippen molar-refractivity contribution in [2.75, 3.05) is 6.54 Å². The van der Waals surface area contributed by atoms with Crippen molar-refractivity contribution in [3.8, 4) is 0 Å². The molecule has 1 rings (SSSR count). The van der Waals surface area contributed by atoms with Crippen molar-refractivity contribution < 1.29 is 0 Å². The summed E-state index contributed by atoms with van der Waals surface area (Å²) in [5.41, 5.74) is 5.50. The molecule has 11 heavy (non-hydrogen) atoms. The molecule has 0 amide bonds. The van der Waals surface area contributed by atoms with Crippen LogP contribution >= 0.6 is 0 Å². The van der Waals surface area contributed by atoms with E-state index in [9.17, 15) is 0 Å². The largest absolute Gasteiger partial charge is 0.330 e. The minimum absolute atomic E-state index is 0. The van der Waals surface area contributed by atoms with Crippen LogP contribution in [-0.4, -0.2) is 6.54 Å². The van der Waals surface area contributed by atoms with Crippen molar-refractivity contribution in [3.05, 3.63) is 0 Å². The first-order valence-corrected chi connectivity index (χ1v) is 4.63. The lowest BCUT2D eigenvalue weighted by Crippen LogP contribution is -2.16. The Morgan fingerprint density at radius 1 is 1.09 bits per heavy atom. The lowest BCUT2D eigenvalue weighted by Gasteiger charge is -2.18. The van der Waals surface area contributed by atoms with Crippen LogP contribution in [0.1, 0.15) is 53.4 Å². The summed E-state index contributed by atoms with van der Waals surface area (Å²) in [6, 6.07) is 0. The van der Waals surface area contributed by atoms with Crippen molar-refractivity contribution in [2.45, 2.75) is 53.4 Å².